The number of hydrogen-bond acceptors (Lipinski definition) is 7. The first-order valence-electron chi connectivity index (χ1n) is 10.6. The predicted molar refractivity (Wildman–Crippen MR) is 127 cm³/mol. The smallest absolute Gasteiger partial charge is 0.338 e. The highest BCUT2D eigenvalue weighted by atomic mass is 32.2. The van der Waals surface area contributed by atoms with Crippen molar-refractivity contribution in [2.45, 2.75) is 20.3 Å². The average molecular weight is 462 g/mol. The lowest BCUT2D eigenvalue weighted by Gasteiger charge is -2.17. The van der Waals surface area contributed by atoms with E-state index in [0.29, 0.717) is 36.5 Å². The van der Waals surface area contributed by atoms with Gasteiger partial charge in [0.1, 0.15) is 6.61 Å². The fourth-order valence-corrected chi connectivity index (χ4v) is 3.58. The van der Waals surface area contributed by atoms with E-state index in [1.165, 1.54) is 0 Å². The van der Waals surface area contributed by atoms with E-state index >= 15 is 0 Å². The standard InChI is InChI=1S/C23H31N3O5S/c1-4-26(5-2)16-17-31-23(28)19-8-10-20(11-9-19)24-15-14-22(27)18-6-12-21(13-7-18)25-32(3,29)30/h6-13,24-25H,4-5,14-17H2,1-3H3. The molecule has 0 spiro atoms. The molecule has 0 fully saturated rings. The van der Waals surface area contributed by atoms with Gasteiger partial charge in [0.25, 0.3) is 0 Å². The van der Waals surface area contributed by atoms with Crippen LogP contribution in [0.25, 0.3) is 0 Å². The fraction of sp³-hybridized carbons (Fsp3) is 0.391. The Morgan fingerprint density at radius 3 is 2.03 bits per heavy atom. The van der Waals surface area contributed by atoms with Gasteiger partial charge in [-0.15, -0.1) is 0 Å². The lowest BCUT2D eigenvalue weighted by atomic mass is 10.1. The maximum Gasteiger partial charge on any atom is 0.338 e. The van der Waals surface area contributed by atoms with Crippen molar-refractivity contribution in [3.8, 4) is 0 Å². The van der Waals surface area contributed by atoms with E-state index in [-0.39, 0.29) is 18.2 Å². The highest BCUT2D eigenvalue weighted by Crippen LogP contribution is 2.14. The number of benzene rings is 2. The number of carbonyl (C=O) groups is 2. The van der Waals surface area contributed by atoms with Crippen molar-refractivity contribution in [2.75, 3.05) is 49.1 Å². The minimum atomic E-state index is -3.35. The summed E-state index contributed by atoms with van der Waals surface area (Å²) in [5, 5.41) is 3.16. The molecular weight excluding hydrogens is 430 g/mol. The van der Waals surface area contributed by atoms with Gasteiger partial charge in [-0.25, -0.2) is 13.2 Å². The third-order valence-electron chi connectivity index (χ3n) is 4.85. The number of nitrogens with one attached hydrogen (secondary N) is 2. The highest BCUT2D eigenvalue weighted by molar-refractivity contribution is 7.92. The summed E-state index contributed by atoms with van der Waals surface area (Å²) in [6.07, 6.45) is 1.34. The zero-order chi connectivity index (χ0) is 23.6. The summed E-state index contributed by atoms with van der Waals surface area (Å²) < 4.78 is 30.1. The van der Waals surface area contributed by atoms with Crippen molar-refractivity contribution < 1.29 is 22.7 Å². The Hall–Kier alpha value is -2.91. The van der Waals surface area contributed by atoms with Crippen molar-refractivity contribution in [1.29, 1.82) is 0 Å². The third-order valence-corrected chi connectivity index (χ3v) is 5.45. The van der Waals surface area contributed by atoms with Crippen LogP contribution in [0.1, 0.15) is 41.0 Å². The summed E-state index contributed by atoms with van der Waals surface area (Å²) in [6, 6.07) is 13.2. The molecule has 0 radical (unpaired) electrons. The fourth-order valence-electron chi connectivity index (χ4n) is 3.02. The van der Waals surface area contributed by atoms with Gasteiger partial charge in [-0.05, 0) is 61.6 Å². The van der Waals surface area contributed by atoms with Crippen LogP contribution >= 0.6 is 0 Å². The molecule has 0 saturated carbocycles. The summed E-state index contributed by atoms with van der Waals surface area (Å²) in [5.74, 6) is -0.413. The molecule has 0 aliphatic carbocycles. The Kier molecular flexibility index (Phi) is 9.67. The first kappa shape index (κ1) is 25.4. The molecule has 0 amide bonds. The number of hydrogen-bond donors (Lipinski definition) is 2. The summed E-state index contributed by atoms with van der Waals surface area (Å²) >= 11 is 0. The lowest BCUT2D eigenvalue weighted by Crippen LogP contribution is -2.27. The average Bonchev–Trinajstić information content (AvgIpc) is 2.76. The molecule has 0 aromatic heterocycles. The van der Waals surface area contributed by atoms with Gasteiger partial charge in [0.2, 0.25) is 10.0 Å². The SMILES string of the molecule is CCN(CC)CCOC(=O)c1ccc(NCCC(=O)c2ccc(NS(C)(=O)=O)cc2)cc1. The Bertz CT molecular complexity index is 985. The Labute approximate surface area is 190 Å². The summed E-state index contributed by atoms with van der Waals surface area (Å²) in [7, 11) is -3.35. The second-order valence-electron chi connectivity index (χ2n) is 7.29. The van der Waals surface area contributed by atoms with Crippen LogP contribution in [-0.2, 0) is 14.8 Å². The number of carbonyl (C=O) groups excluding carboxylic acids is 2. The third kappa shape index (κ3) is 8.68. The molecule has 0 aliphatic rings. The van der Waals surface area contributed by atoms with E-state index in [1.807, 2.05) is 0 Å². The number of nitrogens with zero attached hydrogens (tertiary/aromatic N) is 1. The van der Waals surface area contributed by atoms with Crippen molar-refractivity contribution >= 4 is 33.2 Å². The van der Waals surface area contributed by atoms with E-state index in [1.54, 1.807) is 48.5 Å². The molecule has 2 aromatic rings. The number of ether oxygens (including phenoxy) is 1. The van der Waals surface area contributed by atoms with Crippen LogP contribution in [-0.4, -0.2) is 64.1 Å². The van der Waals surface area contributed by atoms with Gasteiger partial charge >= 0.3 is 5.97 Å². The van der Waals surface area contributed by atoms with E-state index in [9.17, 15) is 18.0 Å². The molecule has 32 heavy (non-hydrogen) atoms. The molecule has 174 valence electrons. The topological polar surface area (TPSA) is 105 Å². The Morgan fingerprint density at radius 1 is 0.906 bits per heavy atom. The molecule has 0 heterocycles. The number of rotatable bonds is 13. The lowest BCUT2D eigenvalue weighted by molar-refractivity contribution is 0.0466. The molecule has 0 saturated heterocycles. The summed E-state index contributed by atoms with van der Waals surface area (Å²) in [5.41, 5.74) is 2.20. The quantitative estimate of drug-likeness (QED) is 0.348. The first-order chi connectivity index (χ1) is 15.2. The maximum atomic E-state index is 12.3. The molecule has 0 aliphatic heterocycles. The maximum absolute atomic E-state index is 12.3. The van der Waals surface area contributed by atoms with Crippen LogP contribution in [0.3, 0.4) is 0 Å². The Balaban J connectivity index is 1.77. The molecule has 9 heteroatoms. The van der Waals surface area contributed by atoms with Crippen LogP contribution in [0.5, 0.6) is 0 Å². The van der Waals surface area contributed by atoms with Gasteiger partial charge in [0.05, 0.1) is 11.8 Å². The largest absolute Gasteiger partial charge is 0.461 e. The molecular formula is C23H31N3O5S. The molecule has 0 unspecified atom stereocenters. The van der Waals surface area contributed by atoms with Gasteiger partial charge in [-0.3, -0.25) is 9.52 Å². The normalized spacial score (nSPS) is 11.2. The first-order valence-corrected chi connectivity index (χ1v) is 12.5. The second kappa shape index (κ2) is 12.2. The van der Waals surface area contributed by atoms with Gasteiger partial charge < -0.3 is 15.0 Å². The number of anilines is 2. The minimum Gasteiger partial charge on any atom is -0.461 e. The van der Waals surface area contributed by atoms with Crippen molar-refractivity contribution in [2.24, 2.45) is 0 Å². The van der Waals surface area contributed by atoms with Crippen molar-refractivity contribution in [3.05, 3.63) is 59.7 Å². The second-order valence-corrected chi connectivity index (χ2v) is 9.04. The zero-order valence-corrected chi connectivity index (χ0v) is 19.6. The number of Topliss-reactive ketones (excluding diaryl/α,β-unsaturated/α-hetero) is 1. The van der Waals surface area contributed by atoms with Crippen LogP contribution in [0.4, 0.5) is 11.4 Å². The van der Waals surface area contributed by atoms with Crippen LogP contribution in [0.15, 0.2) is 48.5 Å². The highest BCUT2D eigenvalue weighted by Gasteiger charge is 2.09. The molecule has 0 bridgehead atoms. The van der Waals surface area contributed by atoms with Crippen LogP contribution < -0.4 is 10.0 Å². The van der Waals surface area contributed by atoms with Gasteiger partial charge in [0, 0.05) is 36.4 Å². The summed E-state index contributed by atoms with van der Waals surface area (Å²) in [4.78, 5) is 26.6. The van der Waals surface area contributed by atoms with Crippen molar-refractivity contribution in [3.63, 3.8) is 0 Å². The Morgan fingerprint density at radius 2 is 1.47 bits per heavy atom. The predicted octanol–water partition coefficient (Wildman–Crippen LogP) is 3.24. The van der Waals surface area contributed by atoms with Gasteiger partial charge in [0.15, 0.2) is 5.78 Å². The molecule has 8 nitrogen and oxygen atoms in total. The number of likely N-dealkylation sites (N-methyl/N-ethyl adjacent to an activating group) is 1. The molecule has 2 N–H and O–H groups in total. The van der Waals surface area contributed by atoms with E-state index in [4.69, 9.17) is 4.74 Å². The summed E-state index contributed by atoms with van der Waals surface area (Å²) in [6.45, 7) is 7.47. The van der Waals surface area contributed by atoms with E-state index in [2.05, 4.69) is 28.8 Å². The number of ketones is 1. The van der Waals surface area contributed by atoms with E-state index < -0.39 is 10.0 Å². The van der Waals surface area contributed by atoms with Crippen LogP contribution in [0.2, 0.25) is 0 Å². The van der Waals surface area contributed by atoms with Crippen molar-refractivity contribution in [1.82, 2.24) is 4.90 Å². The van der Waals surface area contributed by atoms with Gasteiger partial charge in [-0.2, -0.15) is 0 Å². The zero-order valence-electron chi connectivity index (χ0n) is 18.8. The van der Waals surface area contributed by atoms with Gasteiger partial charge in [-0.1, -0.05) is 13.8 Å². The monoisotopic (exact) mass is 461 g/mol. The van der Waals surface area contributed by atoms with E-state index in [0.717, 1.165) is 25.0 Å². The molecule has 0 atom stereocenters. The number of esters is 1. The van der Waals surface area contributed by atoms with Crippen LogP contribution in [0, 0.1) is 0 Å². The molecule has 2 rings (SSSR count). The number of sulfonamides is 1. The minimum absolute atomic E-state index is 0.0585. The molecule has 2 aromatic carbocycles.